The zero-order chi connectivity index (χ0) is 14.0. The largest absolute Gasteiger partial charge is 0.338 e. The summed E-state index contributed by atoms with van der Waals surface area (Å²) in [6.45, 7) is 7.48. The van der Waals surface area contributed by atoms with E-state index in [1.807, 2.05) is 0 Å². The maximum absolute atomic E-state index is 12.7. The van der Waals surface area contributed by atoms with E-state index in [1.165, 1.54) is 25.7 Å². The van der Waals surface area contributed by atoms with Gasteiger partial charge in [0.15, 0.2) is 0 Å². The van der Waals surface area contributed by atoms with Crippen LogP contribution in [-0.4, -0.2) is 29.4 Å². The van der Waals surface area contributed by atoms with Crippen LogP contribution in [0.15, 0.2) is 0 Å². The number of fused-ring (bicyclic) bond motifs is 1. The minimum atomic E-state index is -0.305. The predicted octanol–water partition coefficient (Wildman–Crippen LogP) is 2.79. The maximum Gasteiger partial charge on any atom is 0.240 e. The fourth-order valence-electron chi connectivity index (χ4n) is 3.88. The quantitative estimate of drug-likeness (QED) is 0.854. The summed E-state index contributed by atoms with van der Waals surface area (Å²) < 4.78 is 0. The van der Waals surface area contributed by atoms with E-state index in [0.717, 1.165) is 31.2 Å². The summed E-state index contributed by atoms with van der Waals surface area (Å²) in [6, 6.07) is 0.168. The Morgan fingerprint density at radius 3 is 2.68 bits per heavy atom. The zero-order valence-corrected chi connectivity index (χ0v) is 12.8. The Morgan fingerprint density at radius 2 is 2.00 bits per heavy atom. The van der Waals surface area contributed by atoms with Gasteiger partial charge in [-0.05, 0) is 37.0 Å². The third-order valence-electron chi connectivity index (χ3n) is 5.56. The molecule has 0 aromatic heterocycles. The minimum absolute atomic E-state index is 0.207. The first-order valence-corrected chi connectivity index (χ1v) is 8.12. The highest BCUT2D eigenvalue weighted by molar-refractivity contribution is 5.82. The molecule has 3 nitrogen and oxygen atoms in total. The number of amides is 1. The van der Waals surface area contributed by atoms with E-state index in [9.17, 15) is 4.79 Å². The van der Waals surface area contributed by atoms with Gasteiger partial charge in [-0.1, -0.05) is 40.0 Å². The molecule has 0 spiro atoms. The molecule has 2 fully saturated rings. The number of hydrogen-bond donors (Lipinski definition) is 1. The number of likely N-dealkylation sites (tertiary alicyclic amines) is 1. The summed E-state index contributed by atoms with van der Waals surface area (Å²) in [5.41, 5.74) is 6.17. The molecule has 2 aliphatic rings. The lowest BCUT2D eigenvalue weighted by atomic mass is 9.72. The second-order valence-corrected chi connectivity index (χ2v) is 6.72. The molecule has 0 radical (unpaired) electrons. The van der Waals surface area contributed by atoms with Crippen molar-refractivity contribution < 1.29 is 4.79 Å². The van der Waals surface area contributed by atoms with Crippen LogP contribution in [0.2, 0.25) is 0 Å². The first-order chi connectivity index (χ1) is 9.06. The van der Waals surface area contributed by atoms with Crippen LogP contribution >= 0.6 is 0 Å². The van der Waals surface area contributed by atoms with Crippen molar-refractivity contribution in [2.45, 2.75) is 71.4 Å². The topological polar surface area (TPSA) is 46.3 Å². The van der Waals surface area contributed by atoms with Crippen molar-refractivity contribution in [3.05, 3.63) is 0 Å². The van der Waals surface area contributed by atoms with Gasteiger partial charge in [-0.3, -0.25) is 4.79 Å². The summed E-state index contributed by atoms with van der Waals surface area (Å²) in [5.74, 6) is 1.98. The standard InChI is InChI=1S/C16H30N2O/c1-4-11(2)15(17)16(19)18-10-9-12(3)13-7-5-6-8-14(13)18/h11-15H,4-10,17H2,1-3H3. The van der Waals surface area contributed by atoms with Crippen molar-refractivity contribution in [2.24, 2.45) is 23.5 Å². The molecule has 110 valence electrons. The van der Waals surface area contributed by atoms with E-state index >= 15 is 0 Å². The van der Waals surface area contributed by atoms with Crippen molar-refractivity contribution in [1.29, 1.82) is 0 Å². The normalized spacial score (nSPS) is 34.5. The van der Waals surface area contributed by atoms with E-state index in [2.05, 4.69) is 25.7 Å². The number of piperidine rings is 1. The smallest absolute Gasteiger partial charge is 0.240 e. The third-order valence-corrected chi connectivity index (χ3v) is 5.56. The lowest BCUT2D eigenvalue weighted by molar-refractivity contribution is -0.141. The molecule has 2 rings (SSSR count). The van der Waals surface area contributed by atoms with Crippen LogP contribution in [0.1, 0.15) is 59.3 Å². The van der Waals surface area contributed by atoms with Gasteiger partial charge in [-0.2, -0.15) is 0 Å². The van der Waals surface area contributed by atoms with Crippen molar-refractivity contribution in [3.8, 4) is 0 Å². The second kappa shape index (κ2) is 6.25. The molecule has 5 unspecified atom stereocenters. The number of nitrogens with two attached hydrogens (primary N) is 1. The predicted molar refractivity (Wildman–Crippen MR) is 78.7 cm³/mol. The molecular formula is C16H30N2O. The van der Waals surface area contributed by atoms with E-state index in [1.54, 1.807) is 0 Å². The molecule has 1 saturated carbocycles. The van der Waals surface area contributed by atoms with E-state index in [0.29, 0.717) is 6.04 Å². The Hall–Kier alpha value is -0.570. The van der Waals surface area contributed by atoms with E-state index in [-0.39, 0.29) is 17.9 Å². The fourth-order valence-corrected chi connectivity index (χ4v) is 3.88. The number of carbonyl (C=O) groups is 1. The fraction of sp³-hybridized carbons (Fsp3) is 0.938. The Morgan fingerprint density at radius 1 is 1.32 bits per heavy atom. The van der Waals surface area contributed by atoms with Gasteiger partial charge < -0.3 is 10.6 Å². The van der Waals surface area contributed by atoms with Gasteiger partial charge in [0.1, 0.15) is 0 Å². The highest BCUT2D eigenvalue weighted by Crippen LogP contribution is 2.39. The van der Waals surface area contributed by atoms with E-state index < -0.39 is 0 Å². The van der Waals surface area contributed by atoms with Crippen LogP contribution in [0.5, 0.6) is 0 Å². The lowest BCUT2D eigenvalue weighted by Crippen LogP contribution is -2.57. The summed E-state index contributed by atoms with van der Waals surface area (Å²) >= 11 is 0. The average molecular weight is 266 g/mol. The van der Waals surface area contributed by atoms with Crippen molar-refractivity contribution in [3.63, 3.8) is 0 Å². The lowest BCUT2D eigenvalue weighted by Gasteiger charge is -2.48. The van der Waals surface area contributed by atoms with Gasteiger partial charge in [0.25, 0.3) is 0 Å². The summed E-state index contributed by atoms with van der Waals surface area (Å²) in [7, 11) is 0. The van der Waals surface area contributed by atoms with Crippen LogP contribution in [0.4, 0.5) is 0 Å². The Bertz CT molecular complexity index is 318. The number of hydrogen-bond acceptors (Lipinski definition) is 2. The highest BCUT2D eigenvalue weighted by atomic mass is 16.2. The molecule has 2 N–H and O–H groups in total. The number of carbonyl (C=O) groups excluding carboxylic acids is 1. The average Bonchev–Trinajstić information content (AvgIpc) is 2.45. The van der Waals surface area contributed by atoms with Crippen molar-refractivity contribution in [1.82, 2.24) is 4.90 Å². The first-order valence-electron chi connectivity index (χ1n) is 8.12. The Kier molecular flexibility index (Phi) is 4.88. The summed E-state index contributed by atoms with van der Waals surface area (Å²) in [6.07, 6.45) is 7.23. The zero-order valence-electron chi connectivity index (χ0n) is 12.8. The molecule has 1 heterocycles. The van der Waals surface area contributed by atoms with Crippen LogP contribution in [0, 0.1) is 17.8 Å². The molecule has 19 heavy (non-hydrogen) atoms. The molecule has 0 aromatic carbocycles. The van der Waals surface area contributed by atoms with Gasteiger partial charge in [-0.25, -0.2) is 0 Å². The molecular weight excluding hydrogens is 236 g/mol. The van der Waals surface area contributed by atoms with E-state index in [4.69, 9.17) is 5.73 Å². The van der Waals surface area contributed by atoms with Crippen LogP contribution in [0.3, 0.4) is 0 Å². The van der Waals surface area contributed by atoms with Gasteiger partial charge in [-0.15, -0.1) is 0 Å². The molecule has 1 amide bonds. The first kappa shape index (κ1) is 14.8. The van der Waals surface area contributed by atoms with Gasteiger partial charge >= 0.3 is 0 Å². The molecule has 0 bridgehead atoms. The molecule has 1 saturated heterocycles. The van der Waals surface area contributed by atoms with Gasteiger partial charge in [0.05, 0.1) is 6.04 Å². The molecule has 1 aliphatic carbocycles. The van der Waals surface area contributed by atoms with Crippen LogP contribution in [-0.2, 0) is 4.79 Å². The second-order valence-electron chi connectivity index (χ2n) is 6.72. The molecule has 1 aliphatic heterocycles. The maximum atomic E-state index is 12.7. The van der Waals surface area contributed by atoms with Crippen LogP contribution in [0.25, 0.3) is 0 Å². The van der Waals surface area contributed by atoms with Crippen molar-refractivity contribution >= 4 is 5.91 Å². The molecule has 3 heteroatoms. The molecule has 5 atom stereocenters. The monoisotopic (exact) mass is 266 g/mol. The molecule has 0 aromatic rings. The Labute approximate surface area is 117 Å². The highest BCUT2D eigenvalue weighted by Gasteiger charge is 2.40. The summed E-state index contributed by atoms with van der Waals surface area (Å²) in [4.78, 5) is 14.8. The minimum Gasteiger partial charge on any atom is -0.338 e. The SMILES string of the molecule is CCC(C)C(N)C(=O)N1CCC(C)C2CCCCC21. The van der Waals surface area contributed by atoms with Crippen LogP contribution < -0.4 is 5.73 Å². The number of rotatable bonds is 3. The van der Waals surface area contributed by atoms with Gasteiger partial charge in [0.2, 0.25) is 5.91 Å². The third kappa shape index (κ3) is 2.96. The van der Waals surface area contributed by atoms with Gasteiger partial charge in [0, 0.05) is 12.6 Å². The number of nitrogens with zero attached hydrogens (tertiary/aromatic N) is 1. The van der Waals surface area contributed by atoms with Crippen molar-refractivity contribution in [2.75, 3.05) is 6.54 Å². The Balaban J connectivity index is 2.08. The summed E-state index contributed by atoms with van der Waals surface area (Å²) in [5, 5.41) is 0.